The molecule has 3 aromatic carbocycles. The fourth-order valence-corrected chi connectivity index (χ4v) is 5.77. The zero-order chi connectivity index (χ0) is 30.4. The molecule has 0 aliphatic rings. The molecule has 6 nitrogen and oxygen atoms in total. The van der Waals surface area contributed by atoms with Crippen molar-refractivity contribution in [3.05, 3.63) is 103 Å². The van der Waals surface area contributed by atoms with Crippen LogP contribution in [0.15, 0.2) is 53.3 Å². The Balaban J connectivity index is 1.78. The summed E-state index contributed by atoms with van der Waals surface area (Å²) in [5.74, 6) is 0.828. The molecule has 4 rings (SSSR count). The Morgan fingerprint density at radius 2 is 1.62 bits per heavy atom. The molecule has 0 aliphatic heterocycles. The maximum Gasteiger partial charge on any atom is 0.337 e. The number of ether oxygens (including phenoxy) is 1. The predicted molar refractivity (Wildman–Crippen MR) is 170 cm³/mol. The van der Waals surface area contributed by atoms with E-state index in [0.717, 1.165) is 71.4 Å². The SMILES string of the molecule is CCCc1cc(Cn2c(CCC)nc3ccc(C(C)C)cc3c2=O)cc(CCC)c1OCc1cccc(Cl)c1C(=O)O. The van der Waals surface area contributed by atoms with Gasteiger partial charge in [-0.15, -0.1) is 0 Å². The van der Waals surface area contributed by atoms with Crippen molar-refractivity contribution in [3.8, 4) is 5.75 Å². The number of carbonyl (C=O) groups is 1. The lowest BCUT2D eigenvalue weighted by Crippen LogP contribution is -2.26. The molecule has 0 unspecified atom stereocenters. The lowest BCUT2D eigenvalue weighted by atomic mass is 9.97. The minimum atomic E-state index is -1.07. The number of aryl methyl sites for hydroxylation is 3. The number of carboxylic acids is 1. The lowest BCUT2D eigenvalue weighted by molar-refractivity contribution is 0.0694. The van der Waals surface area contributed by atoms with E-state index in [1.54, 1.807) is 18.2 Å². The molecule has 0 aliphatic carbocycles. The Labute approximate surface area is 253 Å². The molecule has 0 amide bonds. The summed E-state index contributed by atoms with van der Waals surface area (Å²) in [7, 11) is 0. The van der Waals surface area contributed by atoms with E-state index < -0.39 is 5.97 Å². The zero-order valence-corrected chi connectivity index (χ0v) is 26.1. The van der Waals surface area contributed by atoms with E-state index in [1.807, 2.05) is 16.7 Å². The van der Waals surface area contributed by atoms with E-state index in [0.29, 0.717) is 29.8 Å². The highest BCUT2D eigenvalue weighted by Gasteiger charge is 2.19. The third-order valence-corrected chi connectivity index (χ3v) is 7.88. The number of aromatic carboxylic acids is 1. The van der Waals surface area contributed by atoms with Gasteiger partial charge in [0.25, 0.3) is 5.56 Å². The molecule has 42 heavy (non-hydrogen) atoms. The normalized spacial score (nSPS) is 11.4. The Kier molecular flexibility index (Phi) is 10.4. The molecule has 1 aromatic heterocycles. The Bertz CT molecular complexity index is 1610. The third kappa shape index (κ3) is 6.87. The van der Waals surface area contributed by atoms with Crippen molar-refractivity contribution in [1.29, 1.82) is 0 Å². The second-order valence-corrected chi connectivity index (χ2v) is 11.6. The van der Waals surface area contributed by atoms with Gasteiger partial charge in [-0.2, -0.15) is 0 Å². The number of nitrogens with zero attached hydrogens (tertiary/aromatic N) is 2. The van der Waals surface area contributed by atoms with Crippen molar-refractivity contribution in [2.45, 2.75) is 92.2 Å². The van der Waals surface area contributed by atoms with Crippen LogP contribution in [-0.4, -0.2) is 20.6 Å². The van der Waals surface area contributed by atoms with Crippen molar-refractivity contribution in [2.75, 3.05) is 0 Å². The summed E-state index contributed by atoms with van der Waals surface area (Å²) in [6, 6.07) is 15.3. The molecule has 1 heterocycles. The first-order valence-corrected chi connectivity index (χ1v) is 15.4. The van der Waals surface area contributed by atoms with Crippen LogP contribution in [0, 0.1) is 0 Å². The van der Waals surface area contributed by atoms with Gasteiger partial charge in [-0.25, -0.2) is 9.78 Å². The molecule has 0 spiro atoms. The average molecular weight is 589 g/mol. The standard InChI is InChI=1S/C35H41ClN2O4/c1-6-10-25-17-23(18-26(11-7-2)33(25)42-21-27-13-9-14-29(36)32(27)35(40)41)20-38-31(12-8-3)37-30-16-15-24(22(4)5)19-28(30)34(38)39/h9,13-19,22H,6-8,10-12,20-21H2,1-5H3,(H,40,41). The zero-order valence-electron chi connectivity index (χ0n) is 25.3. The first kappa shape index (κ1) is 31.3. The number of halogens is 1. The molecule has 4 aromatic rings. The van der Waals surface area contributed by atoms with Crippen LogP contribution in [0.1, 0.15) is 104 Å². The van der Waals surface area contributed by atoms with Crippen molar-refractivity contribution in [3.63, 3.8) is 0 Å². The quantitative estimate of drug-likeness (QED) is 0.170. The number of carboxylic acid groups (broad SMARTS) is 1. The molecule has 0 bridgehead atoms. The van der Waals surface area contributed by atoms with E-state index in [4.69, 9.17) is 21.3 Å². The summed E-state index contributed by atoms with van der Waals surface area (Å²) in [6.45, 7) is 11.1. The Morgan fingerprint density at radius 3 is 2.21 bits per heavy atom. The smallest absolute Gasteiger partial charge is 0.337 e. The summed E-state index contributed by atoms with van der Waals surface area (Å²) in [6.07, 6.45) is 5.03. The van der Waals surface area contributed by atoms with Crippen LogP contribution in [0.2, 0.25) is 5.02 Å². The number of aromatic nitrogens is 2. The average Bonchev–Trinajstić information content (AvgIpc) is 2.94. The van der Waals surface area contributed by atoms with E-state index in [-0.39, 0.29) is 22.8 Å². The highest BCUT2D eigenvalue weighted by Crippen LogP contribution is 2.31. The fraction of sp³-hybridized carbons (Fsp3) is 0.400. The Morgan fingerprint density at radius 1 is 0.952 bits per heavy atom. The van der Waals surface area contributed by atoms with Crippen molar-refractivity contribution < 1.29 is 14.6 Å². The largest absolute Gasteiger partial charge is 0.488 e. The van der Waals surface area contributed by atoms with Crippen LogP contribution in [0.25, 0.3) is 10.9 Å². The van der Waals surface area contributed by atoms with Gasteiger partial charge < -0.3 is 9.84 Å². The minimum Gasteiger partial charge on any atom is -0.488 e. The second-order valence-electron chi connectivity index (χ2n) is 11.2. The summed E-state index contributed by atoms with van der Waals surface area (Å²) in [5, 5.41) is 10.6. The number of benzene rings is 3. The van der Waals surface area contributed by atoms with E-state index in [1.165, 1.54) is 0 Å². The molecule has 0 fully saturated rings. The molecule has 0 saturated carbocycles. The first-order chi connectivity index (χ1) is 20.2. The van der Waals surface area contributed by atoms with E-state index in [2.05, 4.69) is 52.8 Å². The van der Waals surface area contributed by atoms with Crippen molar-refractivity contribution >= 4 is 28.5 Å². The number of rotatable bonds is 13. The highest BCUT2D eigenvalue weighted by molar-refractivity contribution is 6.33. The highest BCUT2D eigenvalue weighted by atomic mass is 35.5. The maximum absolute atomic E-state index is 13.9. The van der Waals surface area contributed by atoms with Gasteiger partial charge >= 0.3 is 5.97 Å². The van der Waals surface area contributed by atoms with Crippen molar-refractivity contribution in [1.82, 2.24) is 9.55 Å². The molecule has 7 heteroatoms. The Hall–Kier alpha value is -3.64. The number of hydrogen-bond acceptors (Lipinski definition) is 4. The topological polar surface area (TPSA) is 81.4 Å². The van der Waals surface area contributed by atoms with Gasteiger partial charge in [0.1, 0.15) is 18.2 Å². The summed E-state index contributed by atoms with van der Waals surface area (Å²) >= 11 is 6.20. The molecule has 0 atom stereocenters. The summed E-state index contributed by atoms with van der Waals surface area (Å²) < 4.78 is 8.22. The van der Waals surface area contributed by atoms with Crippen LogP contribution in [0.3, 0.4) is 0 Å². The molecular formula is C35H41ClN2O4. The van der Waals surface area contributed by atoms with Crippen LogP contribution < -0.4 is 10.3 Å². The summed E-state index contributed by atoms with van der Waals surface area (Å²) in [4.78, 5) is 30.7. The van der Waals surface area contributed by atoms with E-state index >= 15 is 0 Å². The monoisotopic (exact) mass is 588 g/mol. The van der Waals surface area contributed by atoms with Crippen LogP contribution >= 0.6 is 11.6 Å². The van der Waals surface area contributed by atoms with E-state index in [9.17, 15) is 14.7 Å². The van der Waals surface area contributed by atoms with Gasteiger partial charge in [0.15, 0.2) is 0 Å². The summed E-state index contributed by atoms with van der Waals surface area (Å²) in [5.41, 5.74) is 5.59. The van der Waals surface area contributed by atoms with Crippen LogP contribution in [-0.2, 0) is 32.4 Å². The van der Waals surface area contributed by atoms with Gasteiger partial charge in [-0.1, -0.05) is 89.4 Å². The van der Waals surface area contributed by atoms with Crippen LogP contribution in [0.5, 0.6) is 5.75 Å². The van der Waals surface area contributed by atoms with Gasteiger partial charge in [0.2, 0.25) is 0 Å². The second kappa shape index (κ2) is 14.0. The fourth-order valence-electron chi connectivity index (χ4n) is 5.50. The molecular weight excluding hydrogens is 548 g/mol. The predicted octanol–water partition coefficient (Wildman–Crippen LogP) is 8.36. The number of fused-ring (bicyclic) bond motifs is 1. The molecule has 222 valence electrons. The minimum absolute atomic E-state index is 0.0116. The third-order valence-electron chi connectivity index (χ3n) is 7.57. The van der Waals surface area contributed by atoms with Crippen molar-refractivity contribution in [2.24, 2.45) is 0 Å². The lowest BCUT2D eigenvalue weighted by Gasteiger charge is -2.20. The van der Waals surface area contributed by atoms with Gasteiger partial charge in [0.05, 0.1) is 28.0 Å². The maximum atomic E-state index is 13.9. The molecule has 0 saturated heterocycles. The van der Waals surface area contributed by atoms with Crippen LogP contribution in [0.4, 0.5) is 0 Å². The van der Waals surface area contributed by atoms with Gasteiger partial charge in [0, 0.05) is 12.0 Å². The molecule has 1 N–H and O–H groups in total. The van der Waals surface area contributed by atoms with Gasteiger partial charge in [-0.05, 0) is 65.6 Å². The number of hydrogen-bond donors (Lipinski definition) is 1. The molecule has 0 radical (unpaired) electrons. The van der Waals surface area contributed by atoms with Gasteiger partial charge in [-0.3, -0.25) is 9.36 Å². The first-order valence-electron chi connectivity index (χ1n) is 15.0.